The van der Waals surface area contributed by atoms with Gasteiger partial charge in [-0.2, -0.15) is 0 Å². The molecular formula is C21H29ClN4O. The second-order valence-corrected chi connectivity index (χ2v) is 7.73. The predicted octanol–water partition coefficient (Wildman–Crippen LogP) is 3.22. The molecule has 1 atom stereocenters. The van der Waals surface area contributed by atoms with Crippen molar-refractivity contribution in [2.45, 2.75) is 38.5 Å². The molecule has 1 saturated heterocycles. The van der Waals surface area contributed by atoms with Crippen LogP contribution in [-0.2, 0) is 11.2 Å². The standard InChI is InChI=1S/C21H28N4O.ClH/c26-21(17-5-2-1-3-6-17)25-12-11-22-14-16(15-25)13-18-8-10-23-19-7-4-9-24-20(18)19;/h4,7-10,16-17,22H,1-3,5-6,11-15H2;1H. The number of carbonyl (C=O) groups is 1. The quantitative estimate of drug-likeness (QED) is 0.877. The summed E-state index contributed by atoms with van der Waals surface area (Å²) in [7, 11) is 0. The maximum atomic E-state index is 13.0. The van der Waals surface area contributed by atoms with E-state index >= 15 is 0 Å². The number of hydrogen-bond donors (Lipinski definition) is 1. The molecule has 0 radical (unpaired) electrons. The number of nitrogens with zero attached hydrogens (tertiary/aromatic N) is 3. The lowest BCUT2D eigenvalue weighted by Crippen LogP contribution is -2.40. The highest BCUT2D eigenvalue weighted by atomic mass is 35.5. The number of pyridine rings is 2. The highest BCUT2D eigenvalue weighted by Crippen LogP contribution is 2.26. The van der Waals surface area contributed by atoms with Gasteiger partial charge in [0.2, 0.25) is 5.91 Å². The Balaban J connectivity index is 0.00000210. The molecule has 1 aliphatic carbocycles. The van der Waals surface area contributed by atoms with E-state index in [2.05, 4.69) is 26.3 Å². The van der Waals surface area contributed by atoms with Crippen LogP contribution >= 0.6 is 12.4 Å². The average molecular weight is 389 g/mol. The Hall–Kier alpha value is -1.72. The topological polar surface area (TPSA) is 58.1 Å². The molecule has 1 amide bonds. The first kappa shape index (κ1) is 20.0. The fourth-order valence-electron chi connectivity index (χ4n) is 4.44. The molecule has 4 rings (SSSR count). The first-order chi connectivity index (χ1) is 12.8. The van der Waals surface area contributed by atoms with Crippen LogP contribution in [0, 0.1) is 11.8 Å². The molecule has 146 valence electrons. The van der Waals surface area contributed by atoms with E-state index in [4.69, 9.17) is 0 Å². The van der Waals surface area contributed by atoms with E-state index in [1.165, 1.54) is 24.8 Å². The molecule has 1 N–H and O–H groups in total. The van der Waals surface area contributed by atoms with E-state index < -0.39 is 0 Å². The van der Waals surface area contributed by atoms with E-state index in [-0.39, 0.29) is 18.3 Å². The third-order valence-corrected chi connectivity index (χ3v) is 5.82. The zero-order valence-electron chi connectivity index (χ0n) is 15.8. The van der Waals surface area contributed by atoms with Crippen molar-refractivity contribution in [2.75, 3.05) is 26.2 Å². The van der Waals surface area contributed by atoms with Crippen LogP contribution in [0.2, 0.25) is 0 Å². The van der Waals surface area contributed by atoms with Crippen LogP contribution in [0.3, 0.4) is 0 Å². The summed E-state index contributed by atoms with van der Waals surface area (Å²) in [5.41, 5.74) is 3.17. The summed E-state index contributed by atoms with van der Waals surface area (Å²) < 4.78 is 0. The first-order valence-electron chi connectivity index (χ1n) is 9.99. The Morgan fingerprint density at radius 2 is 2.00 bits per heavy atom. The van der Waals surface area contributed by atoms with Gasteiger partial charge in [-0.15, -0.1) is 12.4 Å². The lowest BCUT2D eigenvalue weighted by Gasteiger charge is -2.30. The minimum atomic E-state index is 0. The summed E-state index contributed by atoms with van der Waals surface area (Å²) >= 11 is 0. The van der Waals surface area contributed by atoms with Crippen molar-refractivity contribution in [2.24, 2.45) is 11.8 Å². The maximum Gasteiger partial charge on any atom is 0.225 e. The molecule has 0 spiro atoms. The normalized spacial score (nSPS) is 21.5. The lowest BCUT2D eigenvalue weighted by molar-refractivity contribution is -0.136. The van der Waals surface area contributed by atoms with Gasteiger partial charge in [-0.05, 0) is 48.9 Å². The second kappa shape index (κ2) is 9.47. The van der Waals surface area contributed by atoms with Crippen LogP contribution in [0.5, 0.6) is 0 Å². The molecule has 0 bridgehead atoms. The summed E-state index contributed by atoms with van der Waals surface area (Å²) in [6.07, 6.45) is 10.5. The van der Waals surface area contributed by atoms with Crippen molar-refractivity contribution in [1.29, 1.82) is 0 Å². The van der Waals surface area contributed by atoms with Crippen LogP contribution in [0.15, 0.2) is 30.6 Å². The second-order valence-electron chi connectivity index (χ2n) is 7.73. The van der Waals surface area contributed by atoms with Crippen LogP contribution in [-0.4, -0.2) is 47.0 Å². The summed E-state index contributed by atoms with van der Waals surface area (Å²) in [5.74, 6) is 1.06. The van der Waals surface area contributed by atoms with Gasteiger partial charge in [-0.25, -0.2) is 0 Å². The van der Waals surface area contributed by atoms with Gasteiger partial charge >= 0.3 is 0 Å². The molecule has 6 heteroatoms. The molecule has 0 aromatic carbocycles. The molecule has 1 saturated carbocycles. The number of fused-ring (bicyclic) bond motifs is 1. The average Bonchev–Trinajstić information content (AvgIpc) is 2.94. The molecule has 1 unspecified atom stereocenters. The number of carbonyl (C=O) groups excluding carboxylic acids is 1. The molecule has 3 heterocycles. The van der Waals surface area contributed by atoms with Crippen LogP contribution in [0.25, 0.3) is 11.0 Å². The van der Waals surface area contributed by atoms with E-state index in [0.717, 1.165) is 56.5 Å². The summed E-state index contributed by atoms with van der Waals surface area (Å²) in [4.78, 5) is 24.1. The number of rotatable bonds is 3. The van der Waals surface area contributed by atoms with E-state index in [0.29, 0.717) is 11.8 Å². The van der Waals surface area contributed by atoms with Gasteiger partial charge in [-0.1, -0.05) is 19.3 Å². The van der Waals surface area contributed by atoms with Crippen molar-refractivity contribution >= 4 is 29.3 Å². The monoisotopic (exact) mass is 388 g/mol. The number of hydrogen-bond acceptors (Lipinski definition) is 4. The van der Waals surface area contributed by atoms with Gasteiger partial charge in [0.1, 0.15) is 0 Å². The lowest BCUT2D eigenvalue weighted by atomic mass is 9.88. The van der Waals surface area contributed by atoms with Crippen molar-refractivity contribution in [3.05, 3.63) is 36.2 Å². The van der Waals surface area contributed by atoms with E-state index in [1.54, 1.807) is 0 Å². The first-order valence-corrected chi connectivity index (χ1v) is 9.99. The Bertz CT molecular complexity index is 757. The van der Waals surface area contributed by atoms with Gasteiger partial charge < -0.3 is 10.2 Å². The highest BCUT2D eigenvalue weighted by molar-refractivity contribution is 5.85. The van der Waals surface area contributed by atoms with Crippen molar-refractivity contribution in [3.63, 3.8) is 0 Å². The maximum absolute atomic E-state index is 13.0. The third-order valence-electron chi connectivity index (χ3n) is 5.82. The fourth-order valence-corrected chi connectivity index (χ4v) is 4.44. The number of halogens is 1. The molecule has 27 heavy (non-hydrogen) atoms. The van der Waals surface area contributed by atoms with Gasteiger partial charge in [0, 0.05) is 44.5 Å². The molecule has 2 aromatic heterocycles. The van der Waals surface area contributed by atoms with Crippen LogP contribution < -0.4 is 5.32 Å². The predicted molar refractivity (Wildman–Crippen MR) is 110 cm³/mol. The van der Waals surface area contributed by atoms with Gasteiger partial charge in [0.15, 0.2) is 0 Å². The van der Waals surface area contributed by atoms with Crippen molar-refractivity contribution < 1.29 is 4.79 Å². The van der Waals surface area contributed by atoms with Crippen LogP contribution in [0.4, 0.5) is 0 Å². The minimum absolute atomic E-state index is 0. The zero-order valence-corrected chi connectivity index (χ0v) is 16.6. The number of amides is 1. The molecular weight excluding hydrogens is 360 g/mol. The fraction of sp³-hybridized carbons (Fsp3) is 0.571. The van der Waals surface area contributed by atoms with Gasteiger partial charge in [0.05, 0.1) is 11.0 Å². The SMILES string of the molecule is Cl.O=C(C1CCCCC1)N1CCNCC(Cc2ccnc3cccnc23)C1. The molecule has 1 aliphatic heterocycles. The van der Waals surface area contributed by atoms with Gasteiger partial charge in [-0.3, -0.25) is 14.8 Å². The summed E-state index contributed by atoms with van der Waals surface area (Å²) in [6.45, 7) is 3.52. The Kier molecular flexibility index (Phi) is 7.02. The Morgan fingerprint density at radius 3 is 2.85 bits per heavy atom. The molecule has 2 aliphatic rings. The number of nitrogens with one attached hydrogen (secondary N) is 1. The molecule has 2 aromatic rings. The van der Waals surface area contributed by atoms with Crippen LogP contribution in [0.1, 0.15) is 37.7 Å². The van der Waals surface area contributed by atoms with Crippen molar-refractivity contribution in [3.8, 4) is 0 Å². The van der Waals surface area contributed by atoms with Gasteiger partial charge in [0.25, 0.3) is 0 Å². The highest BCUT2D eigenvalue weighted by Gasteiger charge is 2.29. The summed E-state index contributed by atoms with van der Waals surface area (Å²) in [5, 5.41) is 3.52. The minimum Gasteiger partial charge on any atom is -0.341 e. The van der Waals surface area contributed by atoms with Crippen molar-refractivity contribution in [1.82, 2.24) is 20.2 Å². The van der Waals surface area contributed by atoms with E-state index in [1.807, 2.05) is 24.5 Å². The smallest absolute Gasteiger partial charge is 0.225 e. The largest absolute Gasteiger partial charge is 0.341 e. The summed E-state index contributed by atoms with van der Waals surface area (Å²) in [6, 6.07) is 6.01. The molecule has 2 fully saturated rings. The number of aromatic nitrogens is 2. The third kappa shape index (κ3) is 4.77. The molecule has 5 nitrogen and oxygen atoms in total. The Morgan fingerprint density at radius 1 is 1.15 bits per heavy atom. The Labute approximate surface area is 167 Å². The van der Waals surface area contributed by atoms with E-state index in [9.17, 15) is 4.79 Å². The zero-order chi connectivity index (χ0) is 17.8.